The van der Waals surface area contributed by atoms with E-state index in [1.165, 1.54) is 24.2 Å². The number of carbonyl (C=O) groups excluding carboxylic acids is 4. The van der Waals surface area contributed by atoms with Gasteiger partial charge < -0.3 is 9.84 Å². The number of hydrogen-bond acceptors (Lipinski definition) is 6. The van der Waals surface area contributed by atoms with Crippen molar-refractivity contribution in [2.24, 2.45) is 23.7 Å². The van der Waals surface area contributed by atoms with Crippen LogP contribution < -0.4 is 4.74 Å². The lowest BCUT2D eigenvalue weighted by Gasteiger charge is -2.41. The van der Waals surface area contributed by atoms with Crippen molar-refractivity contribution in [2.45, 2.75) is 33.1 Å². The Morgan fingerprint density at radius 2 is 1.92 bits per heavy atom. The van der Waals surface area contributed by atoms with Gasteiger partial charge in [0.05, 0.1) is 18.9 Å². The van der Waals surface area contributed by atoms with Crippen LogP contribution in [0.4, 0.5) is 0 Å². The highest BCUT2D eigenvalue weighted by atomic mass is 16.5. The van der Waals surface area contributed by atoms with Gasteiger partial charge in [-0.25, -0.2) is 0 Å². The van der Waals surface area contributed by atoms with E-state index in [0.717, 1.165) is 11.1 Å². The molecule has 2 amide bonds. The van der Waals surface area contributed by atoms with E-state index in [1.54, 1.807) is 19.1 Å². The Labute approximate surface area is 209 Å². The van der Waals surface area contributed by atoms with Crippen LogP contribution in [-0.4, -0.2) is 47.0 Å². The highest BCUT2D eigenvalue weighted by Crippen LogP contribution is 2.52. The summed E-state index contributed by atoms with van der Waals surface area (Å²) < 4.78 is 5.21. The van der Waals surface area contributed by atoms with Crippen LogP contribution in [0.15, 0.2) is 58.7 Å². The number of rotatable bonds is 5. The van der Waals surface area contributed by atoms with Crippen molar-refractivity contribution in [3.8, 4) is 11.5 Å². The lowest BCUT2D eigenvalue weighted by atomic mass is 9.60. The van der Waals surface area contributed by atoms with Crippen LogP contribution in [0.2, 0.25) is 0 Å². The third-order valence-electron chi connectivity index (χ3n) is 7.83. The molecular weight excluding hydrogens is 458 g/mol. The molecular formula is C29H29NO6. The van der Waals surface area contributed by atoms with Gasteiger partial charge in [-0.15, -0.1) is 0 Å². The Balaban J connectivity index is 1.59. The highest BCUT2D eigenvalue weighted by molar-refractivity contribution is 6.23. The number of nitrogens with zero attached hydrogens (tertiary/aromatic N) is 1. The van der Waals surface area contributed by atoms with Crippen LogP contribution in [0.3, 0.4) is 0 Å². The van der Waals surface area contributed by atoms with E-state index in [4.69, 9.17) is 4.74 Å². The minimum absolute atomic E-state index is 0.0214. The topological polar surface area (TPSA) is 101 Å². The fourth-order valence-electron chi connectivity index (χ4n) is 6.17. The molecule has 0 spiro atoms. The van der Waals surface area contributed by atoms with E-state index in [0.29, 0.717) is 41.9 Å². The number of amides is 2. The number of ketones is 2. The summed E-state index contributed by atoms with van der Waals surface area (Å²) in [6, 6.07) is 4.95. The Bertz CT molecular complexity index is 1310. The molecule has 36 heavy (non-hydrogen) atoms. The summed E-state index contributed by atoms with van der Waals surface area (Å²) in [4.78, 5) is 54.2. The lowest BCUT2D eigenvalue weighted by molar-refractivity contribution is -0.140. The zero-order chi connectivity index (χ0) is 25.7. The van der Waals surface area contributed by atoms with E-state index >= 15 is 0 Å². The molecule has 1 aromatic rings. The third kappa shape index (κ3) is 3.65. The zero-order valence-electron chi connectivity index (χ0n) is 20.6. The average Bonchev–Trinajstić information content (AvgIpc) is 3.11. The summed E-state index contributed by atoms with van der Waals surface area (Å²) in [5, 5.41) is 9.92. The van der Waals surface area contributed by atoms with E-state index in [2.05, 4.69) is 0 Å². The molecule has 1 saturated heterocycles. The molecule has 1 heterocycles. The molecule has 1 N–H and O–H groups in total. The van der Waals surface area contributed by atoms with Crippen LogP contribution in [0.25, 0.3) is 6.08 Å². The number of ether oxygens (including phenoxy) is 1. The van der Waals surface area contributed by atoms with Crippen LogP contribution in [0.5, 0.6) is 11.5 Å². The highest BCUT2D eigenvalue weighted by Gasteiger charge is 2.55. The van der Waals surface area contributed by atoms with Gasteiger partial charge in [0, 0.05) is 29.2 Å². The Morgan fingerprint density at radius 1 is 1.14 bits per heavy atom. The Kier molecular flexibility index (Phi) is 6.02. The molecule has 0 aromatic heterocycles. The van der Waals surface area contributed by atoms with Crippen molar-refractivity contribution in [3.63, 3.8) is 0 Å². The number of hydrogen-bond donors (Lipinski definition) is 1. The molecule has 5 rings (SSSR count). The number of phenols is 1. The summed E-state index contributed by atoms with van der Waals surface area (Å²) in [5.74, 6) is -2.04. The van der Waals surface area contributed by atoms with Crippen molar-refractivity contribution in [2.75, 3.05) is 13.7 Å². The van der Waals surface area contributed by atoms with Gasteiger partial charge in [-0.3, -0.25) is 24.1 Å². The molecule has 1 fully saturated rings. The summed E-state index contributed by atoms with van der Waals surface area (Å²) in [6.07, 6.45) is 8.53. The summed E-state index contributed by atoms with van der Waals surface area (Å²) in [7, 11) is 1.47. The molecule has 0 radical (unpaired) electrons. The SMILES string of the molecule is CCCN1C(=O)C2CC=C3C(C=Cc4ccc(O)c(OC)c4)C4=C(CC3C2C1=O)C(=O)C(C)=CC4=O. The smallest absolute Gasteiger partial charge is 0.233 e. The zero-order valence-corrected chi connectivity index (χ0v) is 20.6. The van der Waals surface area contributed by atoms with Gasteiger partial charge >= 0.3 is 0 Å². The first kappa shape index (κ1) is 24.0. The molecule has 1 aliphatic heterocycles. The van der Waals surface area contributed by atoms with Gasteiger partial charge in [0.15, 0.2) is 23.1 Å². The molecule has 7 heteroatoms. The number of methoxy groups -OCH3 is 1. The quantitative estimate of drug-likeness (QED) is 0.385. The average molecular weight is 488 g/mol. The van der Waals surface area contributed by atoms with Gasteiger partial charge in [0.1, 0.15) is 0 Å². The summed E-state index contributed by atoms with van der Waals surface area (Å²) in [5.41, 5.74) is 2.98. The molecule has 4 atom stereocenters. The number of allylic oxidation sites excluding steroid dienone is 7. The van der Waals surface area contributed by atoms with Gasteiger partial charge in [0.2, 0.25) is 11.8 Å². The van der Waals surface area contributed by atoms with Gasteiger partial charge in [0.25, 0.3) is 0 Å². The standard InChI is InChI=1S/C29H29NO6/c1-4-11-30-28(34)19-9-8-17-18(7-5-16-6-10-22(31)24(13-16)36-3)25-21(14-20(17)26(19)29(30)35)27(33)15(2)12-23(25)32/h5-8,10,12-13,18-20,26,31H,4,9,11,14H2,1-3H3. The van der Waals surface area contributed by atoms with E-state index in [1.807, 2.05) is 25.2 Å². The van der Waals surface area contributed by atoms with Gasteiger partial charge in [-0.05, 0) is 55.9 Å². The molecule has 4 aliphatic rings. The first-order valence-electron chi connectivity index (χ1n) is 12.4. The number of phenolic OH excluding ortho intramolecular Hbond substituents is 1. The first-order valence-corrected chi connectivity index (χ1v) is 12.4. The number of Topliss-reactive ketones (excluding diaryl/α,β-unsaturated/α-hetero) is 1. The predicted octanol–water partition coefficient (Wildman–Crippen LogP) is 3.79. The van der Waals surface area contributed by atoms with Crippen LogP contribution in [0.1, 0.15) is 38.7 Å². The minimum atomic E-state index is -0.517. The lowest BCUT2D eigenvalue weighted by Crippen LogP contribution is -2.40. The van der Waals surface area contributed by atoms with Crippen molar-refractivity contribution >= 4 is 29.5 Å². The maximum Gasteiger partial charge on any atom is 0.233 e. The van der Waals surface area contributed by atoms with E-state index in [9.17, 15) is 24.3 Å². The monoisotopic (exact) mass is 487 g/mol. The predicted molar refractivity (Wildman–Crippen MR) is 133 cm³/mol. The van der Waals surface area contributed by atoms with Crippen LogP contribution in [0, 0.1) is 23.7 Å². The van der Waals surface area contributed by atoms with Crippen molar-refractivity contribution < 1.29 is 29.0 Å². The fourth-order valence-corrected chi connectivity index (χ4v) is 6.17. The molecule has 0 bridgehead atoms. The number of carbonyl (C=O) groups is 4. The minimum Gasteiger partial charge on any atom is -0.504 e. The van der Waals surface area contributed by atoms with E-state index < -0.39 is 17.8 Å². The van der Waals surface area contributed by atoms with Crippen molar-refractivity contribution in [1.29, 1.82) is 0 Å². The molecule has 186 valence electrons. The van der Waals surface area contributed by atoms with Crippen molar-refractivity contribution in [3.05, 3.63) is 64.3 Å². The van der Waals surface area contributed by atoms with Crippen LogP contribution >= 0.6 is 0 Å². The molecule has 7 nitrogen and oxygen atoms in total. The molecule has 3 aliphatic carbocycles. The van der Waals surface area contributed by atoms with Gasteiger partial charge in [-0.1, -0.05) is 36.8 Å². The molecule has 0 saturated carbocycles. The summed E-state index contributed by atoms with van der Waals surface area (Å²) in [6.45, 7) is 3.97. The molecule has 4 unspecified atom stereocenters. The second-order valence-electron chi connectivity index (χ2n) is 9.89. The second-order valence-corrected chi connectivity index (χ2v) is 9.89. The first-order chi connectivity index (χ1) is 17.3. The van der Waals surface area contributed by atoms with Crippen molar-refractivity contribution in [1.82, 2.24) is 4.90 Å². The summed E-state index contributed by atoms with van der Waals surface area (Å²) >= 11 is 0. The Hall–Kier alpha value is -3.74. The normalized spacial score (nSPS) is 27.7. The number of likely N-dealkylation sites (tertiary alicyclic amines) is 1. The number of imide groups is 1. The third-order valence-corrected chi connectivity index (χ3v) is 7.83. The molecule has 1 aromatic carbocycles. The Morgan fingerprint density at radius 3 is 2.64 bits per heavy atom. The number of benzene rings is 1. The maximum atomic E-state index is 13.4. The fraction of sp³-hybridized carbons (Fsp3) is 0.379. The number of fused-ring (bicyclic) bond motifs is 3. The van der Waals surface area contributed by atoms with E-state index in [-0.39, 0.29) is 41.5 Å². The second kappa shape index (κ2) is 9.04. The number of aromatic hydroxyl groups is 1. The largest absolute Gasteiger partial charge is 0.504 e. The maximum absolute atomic E-state index is 13.4. The van der Waals surface area contributed by atoms with Gasteiger partial charge in [-0.2, -0.15) is 0 Å². The van der Waals surface area contributed by atoms with Crippen LogP contribution in [-0.2, 0) is 19.2 Å².